The molecule has 86 valence electrons. The lowest BCUT2D eigenvalue weighted by Crippen LogP contribution is -1.85. The van der Waals surface area contributed by atoms with Crippen LogP contribution in [0.2, 0.25) is 0 Å². The van der Waals surface area contributed by atoms with Crippen LogP contribution in [0.5, 0.6) is 0 Å². The van der Waals surface area contributed by atoms with Crippen molar-refractivity contribution in [2.24, 2.45) is 0 Å². The molecule has 1 nitrogen and oxygen atoms in total. The van der Waals surface area contributed by atoms with Gasteiger partial charge in [-0.2, -0.15) is 0 Å². The molecule has 3 heteroatoms. The number of benzene rings is 2. The van der Waals surface area contributed by atoms with Crippen molar-refractivity contribution in [3.8, 4) is 0 Å². The zero-order valence-corrected chi connectivity index (χ0v) is 8.94. The monoisotopic (exact) mass is 232 g/mol. The van der Waals surface area contributed by atoms with Crippen molar-refractivity contribution in [2.45, 2.75) is 12.2 Å². The number of hydrogen-bond donors (Lipinski definition) is 0. The van der Waals surface area contributed by atoms with Gasteiger partial charge in [0, 0.05) is 0 Å². The first-order valence-corrected chi connectivity index (χ1v) is 5.40. The predicted octanol–water partition coefficient (Wildman–Crippen LogP) is 3.78. The average Bonchev–Trinajstić information content (AvgIpc) is 3.11. The fourth-order valence-electron chi connectivity index (χ4n) is 1.92. The Kier molecular flexibility index (Phi) is 2.41. The summed E-state index contributed by atoms with van der Waals surface area (Å²) in [5.41, 5.74) is 1.89. The first kappa shape index (κ1) is 10.4. The van der Waals surface area contributed by atoms with Gasteiger partial charge in [0.25, 0.3) is 0 Å². The normalized spacial score (nSPS) is 22.5. The maximum Gasteiger partial charge on any atom is 0.123 e. The molecule has 1 heterocycles. The van der Waals surface area contributed by atoms with E-state index in [4.69, 9.17) is 4.74 Å². The third kappa shape index (κ3) is 2.06. The molecule has 1 saturated heterocycles. The van der Waals surface area contributed by atoms with E-state index in [0.717, 1.165) is 11.1 Å². The molecule has 17 heavy (non-hydrogen) atoms. The summed E-state index contributed by atoms with van der Waals surface area (Å²) >= 11 is 0. The standard InChI is InChI=1S/C14H10F2O/c15-11-5-1-9(2-6-11)13-14(17-13)10-3-7-12(16)8-4-10/h1-8,13-14H. The molecule has 3 rings (SSSR count). The minimum Gasteiger partial charge on any atom is -0.359 e. The molecule has 0 bridgehead atoms. The van der Waals surface area contributed by atoms with E-state index in [1.165, 1.54) is 24.3 Å². The minimum absolute atomic E-state index is 0.0407. The van der Waals surface area contributed by atoms with E-state index in [1.807, 2.05) is 0 Å². The highest BCUT2D eigenvalue weighted by molar-refractivity contribution is 5.30. The Bertz CT molecular complexity index is 469. The average molecular weight is 232 g/mol. The van der Waals surface area contributed by atoms with Crippen LogP contribution in [-0.2, 0) is 4.74 Å². The molecular weight excluding hydrogens is 222 g/mol. The Hall–Kier alpha value is -1.74. The van der Waals surface area contributed by atoms with Crippen LogP contribution in [0.4, 0.5) is 8.78 Å². The van der Waals surface area contributed by atoms with Crippen molar-refractivity contribution >= 4 is 0 Å². The van der Waals surface area contributed by atoms with E-state index in [2.05, 4.69) is 0 Å². The lowest BCUT2D eigenvalue weighted by molar-refractivity contribution is 0.377. The van der Waals surface area contributed by atoms with Gasteiger partial charge in [-0.25, -0.2) is 8.78 Å². The molecular formula is C14H10F2O. The van der Waals surface area contributed by atoms with E-state index in [0.29, 0.717) is 0 Å². The molecule has 0 N–H and O–H groups in total. The molecule has 2 atom stereocenters. The fourth-order valence-corrected chi connectivity index (χ4v) is 1.92. The Morgan fingerprint density at radius 2 is 1.00 bits per heavy atom. The maximum atomic E-state index is 12.8. The van der Waals surface area contributed by atoms with Crippen LogP contribution < -0.4 is 0 Å². The summed E-state index contributed by atoms with van der Waals surface area (Å²) in [5.74, 6) is -0.513. The molecule has 1 aliphatic heterocycles. The quantitative estimate of drug-likeness (QED) is 0.718. The molecule has 1 fully saturated rings. The van der Waals surface area contributed by atoms with Gasteiger partial charge in [0.05, 0.1) is 0 Å². The summed E-state index contributed by atoms with van der Waals surface area (Å²) in [6, 6.07) is 12.5. The highest BCUT2D eigenvalue weighted by Crippen LogP contribution is 2.50. The van der Waals surface area contributed by atoms with Gasteiger partial charge in [-0.1, -0.05) is 24.3 Å². The van der Waals surface area contributed by atoms with Crippen LogP contribution in [-0.4, -0.2) is 0 Å². The summed E-state index contributed by atoms with van der Waals surface area (Å²) in [7, 11) is 0. The second-order valence-corrected chi connectivity index (χ2v) is 4.08. The smallest absolute Gasteiger partial charge is 0.123 e. The van der Waals surface area contributed by atoms with Gasteiger partial charge in [0.15, 0.2) is 0 Å². The topological polar surface area (TPSA) is 12.5 Å². The Morgan fingerprint density at radius 1 is 0.647 bits per heavy atom. The van der Waals surface area contributed by atoms with Crippen molar-refractivity contribution in [1.82, 2.24) is 0 Å². The van der Waals surface area contributed by atoms with Crippen LogP contribution in [0.25, 0.3) is 0 Å². The highest BCUT2D eigenvalue weighted by Gasteiger charge is 2.41. The molecule has 0 saturated carbocycles. The predicted molar refractivity (Wildman–Crippen MR) is 59.4 cm³/mol. The minimum atomic E-state index is -0.257. The van der Waals surface area contributed by atoms with E-state index in [1.54, 1.807) is 24.3 Å². The number of halogens is 2. The zero-order valence-electron chi connectivity index (χ0n) is 8.94. The fraction of sp³-hybridized carbons (Fsp3) is 0.143. The number of rotatable bonds is 2. The van der Waals surface area contributed by atoms with E-state index in [-0.39, 0.29) is 23.8 Å². The molecule has 0 amide bonds. The molecule has 2 unspecified atom stereocenters. The molecule has 1 aliphatic rings. The van der Waals surface area contributed by atoms with Crippen LogP contribution in [0.3, 0.4) is 0 Å². The first-order chi connectivity index (χ1) is 8.24. The molecule has 2 aromatic carbocycles. The Morgan fingerprint density at radius 3 is 1.35 bits per heavy atom. The van der Waals surface area contributed by atoms with Crippen molar-refractivity contribution in [1.29, 1.82) is 0 Å². The zero-order chi connectivity index (χ0) is 11.8. The lowest BCUT2D eigenvalue weighted by atomic mass is 10.0. The van der Waals surface area contributed by atoms with Gasteiger partial charge < -0.3 is 4.74 Å². The first-order valence-electron chi connectivity index (χ1n) is 5.40. The lowest BCUT2D eigenvalue weighted by Gasteiger charge is -1.97. The van der Waals surface area contributed by atoms with Gasteiger partial charge in [0.2, 0.25) is 0 Å². The molecule has 0 radical (unpaired) electrons. The van der Waals surface area contributed by atoms with Crippen LogP contribution in [0, 0.1) is 11.6 Å². The van der Waals surface area contributed by atoms with Gasteiger partial charge in [-0.3, -0.25) is 0 Å². The molecule has 0 aliphatic carbocycles. The van der Waals surface area contributed by atoms with E-state index < -0.39 is 0 Å². The number of epoxide rings is 1. The van der Waals surface area contributed by atoms with Crippen molar-refractivity contribution < 1.29 is 13.5 Å². The third-order valence-corrected chi connectivity index (χ3v) is 2.89. The van der Waals surface area contributed by atoms with Crippen molar-refractivity contribution in [2.75, 3.05) is 0 Å². The van der Waals surface area contributed by atoms with Crippen molar-refractivity contribution in [3.05, 3.63) is 71.3 Å². The third-order valence-electron chi connectivity index (χ3n) is 2.89. The summed E-state index contributed by atoms with van der Waals surface area (Å²) in [6.45, 7) is 0. The molecule has 2 aromatic rings. The Labute approximate surface area is 97.7 Å². The van der Waals surface area contributed by atoms with Crippen LogP contribution in [0.1, 0.15) is 23.3 Å². The highest BCUT2D eigenvalue weighted by atomic mass is 19.1. The van der Waals surface area contributed by atoms with Crippen LogP contribution >= 0.6 is 0 Å². The van der Waals surface area contributed by atoms with Gasteiger partial charge in [-0.05, 0) is 35.4 Å². The number of hydrogen-bond acceptors (Lipinski definition) is 1. The summed E-state index contributed by atoms with van der Waals surface area (Å²) in [5, 5.41) is 0. The summed E-state index contributed by atoms with van der Waals surface area (Å²) in [6.07, 6.45) is -0.0814. The van der Waals surface area contributed by atoms with Gasteiger partial charge >= 0.3 is 0 Å². The largest absolute Gasteiger partial charge is 0.359 e. The van der Waals surface area contributed by atoms with Crippen LogP contribution in [0.15, 0.2) is 48.5 Å². The SMILES string of the molecule is Fc1ccc(C2OC2c2ccc(F)cc2)cc1. The Balaban J connectivity index is 1.78. The number of ether oxygens (including phenoxy) is 1. The van der Waals surface area contributed by atoms with E-state index in [9.17, 15) is 8.78 Å². The van der Waals surface area contributed by atoms with Crippen molar-refractivity contribution in [3.63, 3.8) is 0 Å². The molecule has 0 spiro atoms. The van der Waals surface area contributed by atoms with Gasteiger partial charge in [-0.15, -0.1) is 0 Å². The second kappa shape index (κ2) is 3.93. The summed E-state index contributed by atoms with van der Waals surface area (Å²) < 4.78 is 31.0. The summed E-state index contributed by atoms with van der Waals surface area (Å²) in [4.78, 5) is 0. The van der Waals surface area contributed by atoms with E-state index >= 15 is 0 Å². The second-order valence-electron chi connectivity index (χ2n) is 4.08. The molecule has 0 aromatic heterocycles. The maximum absolute atomic E-state index is 12.8. The van der Waals surface area contributed by atoms with Gasteiger partial charge in [0.1, 0.15) is 23.8 Å².